The molecule has 1 rings (SSSR count). The van der Waals surface area contributed by atoms with Crippen molar-refractivity contribution in [3.8, 4) is 0 Å². The Morgan fingerprint density at radius 3 is 1.64 bits per heavy atom. The molecular weight excluding hydrogens is 762 g/mol. The molecule has 5 amide bonds. The number of esters is 2. The molecule has 0 unspecified atom stereocenters. The van der Waals surface area contributed by atoms with E-state index in [1.807, 2.05) is 32.9 Å². The average Bonchev–Trinajstić information content (AvgIpc) is 3.05. The number of carboxylic acid groups (broad SMARTS) is 1. The van der Waals surface area contributed by atoms with Gasteiger partial charge < -0.3 is 41.2 Å². The minimum absolute atomic E-state index is 0.0123. The van der Waals surface area contributed by atoms with Gasteiger partial charge in [-0.1, -0.05) is 72.7 Å². The topological polar surface area (TPSA) is 235 Å². The van der Waals surface area contributed by atoms with Gasteiger partial charge in [-0.2, -0.15) is 0 Å². The lowest BCUT2D eigenvalue weighted by Gasteiger charge is -2.33. The van der Waals surface area contributed by atoms with Crippen LogP contribution in [0.3, 0.4) is 0 Å². The first-order valence-corrected chi connectivity index (χ1v) is 20.1. The lowest BCUT2D eigenvalue weighted by atomic mass is 9.85. The molecule has 0 spiro atoms. The summed E-state index contributed by atoms with van der Waals surface area (Å²) in [5.74, 6) is -7.11. The van der Waals surface area contributed by atoms with Gasteiger partial charge in [-0.05, 0) is 83.3 Å². The van der Waals surface area contributed by atoms with E-state index in [9.17, 15) is 43.5 Å². The van der Waals surface area contributed by atoms with E-state index in [2.05, 4.69) is 26.6 Å². The summed E-state index contributed by atoms with van der Waals surface area (Å²) in [5.41, 5.74) is -1.05. The summed E-state index contributed by atoms with van der Waals surface area (Å²) in [4.78, 5) is 106. The van der Waals surface area contributed by atoms with Gasteiger partial charge in [0.1, 0.15) is 41.4 Å². The van der Waals surface area contributed by atoms with Gasteiger partial charge >= 0.3 is 17.9 Å². The molecule has 5 atom stereocenters. The number of aliphatic carboxylic acids is 1. The first-order valence-electron chi connectivity index (χ1n) is 20.1. The van der Waals surface area contributed by atoms with Crippen molar-refractivity contribution in [1.29, 1.82) is 0 Å². The van der Waals surface area contributed by atoms with Crippen LogP contribution in [0.2, 0.25) is 0 Å². The van der Waals surface area contributed by atoms with Crippen molar-refractivity contribution in [3.05, 3.63) is 35.4 Å². The average molecular weight is 832 g/mol. The standard InChI is InChI=1S/C43H69N5O11/c1-24(2)21-30(40(56)57)46-39(55)35(41(6,7)8)48-37(53)28(22-27-18-16-15-17-26(27)5)45-38(54)34(25(3)4)47-36(52)29(23-33(51)59-43(12,13)14)44-31(49)19-20-32(50)58-42(9,10)11/h15-18,24-25,28-30,34-35H,19-23H2,1-14H3,(H,44,49)(H,45,54)(H,46,55)(H,47,52)(H,48,53)(H,56,57)/t28-,29-,30-,34+,35+/m0/s1. The highest BCUT2D eigenvalue weighted by Crippen LogP contribution is 2.21. The number of rotatable bonds is 20. The summed E-state index contributed by atoms with van der Waals surface area (Å²) in [6, 6.07) is 0.720. The predicted molar refractivity (Wildman–Crippen MR) is 221 cm³/mol. The van der Waals surface area contributed by atoms with Crippen LogP contribution in [0.4, 0.5) is 0 Å². The van der Waals surface area contributed by atoms with Crippen LogP contribution in [0.1, 0.15) is 127 Å². The van der Waals surface area contributed by atoms with Gasteiger partial charge in [0.25, 0.3) is 0 Å². The van der Waals surface area contributed by atoms with E-state index in [1.165, 1.54) is 0 Å². The molecular formula is C43H69N5O11. The SMILES string of the molecule is Cc1ccccc1C[C@H](NC(=O)[C@H](NC(=O)[C@H](CC(=O)OC(C)(C)C)NC(=O)CCC(=O)OC(C)(C)C)C(C)C)C(=O)N[C@H](C(=O)N[C@@H](CC(C)C)C(=O)O)C(C)(C)C. The molecule has 59 heavy (non-hydrogen) atoms. The maximum absolute atomic E-state index is 14.2. The van der Waals surface area contributed by atoms with E-state index >= 15 is 0 Å². The number of nitrogens with one attached hydrogen (secondary N) is 5. The monoisotopic (exact) mass is 831 g/mol. The van der Waals surface area contributed by atoms with Crippen molar-refractivity contribution in [2.45, 2.75) is 170 Å². The summed E-state index contributed by atoms with van der Waals surface area (Å²) in [5, 5.41) is 22.9. The fourth-order valence-electron chi connectivity index (χ4n) is 5.82. The number of ether oxygens (including phenoxy) is 2. The number of carbonyl (C=O) groups excluding carboxylic acids is 7. The minimum Gasteiger partial charge on any atom is -0.480 e. The van der Waals surface area contributed by atoms with E-state index in [0.717, 1.165) is 5.56 Å². The van der Waals surface area contributed by atoms with Crippen LogP contribution in [0, 0.1) is 24.2 Å². The molecule has 6 N–H and O–H groups in total. The van der Waals surface area contributed by atoms with Gasteiger partial charge in [0.15, 0.2) is 0 Å². The Bertz CT molecular complexity index is 1650. The summed E-state index contributed by atoms with van der Waals surface area (Å²) in [6.45, 7) is 23.9. The Hall–Kier alpha value is -5.02. The zero-order chi connectivity index (χ0) is 45.6. The molecule has 0 bridgehead atoms. The van der Waals surface area contributed by atoms with E-state index in [4.69, 9.17) is 9.47 Å². The molecule has 332 valence electrons. The van der Waals surface area contributed by atoms with Crippen LogP contribution in [0.5, 0.6) is 0 Å². The molecule has 0 fully saturated rings. The molecule has 0 saturated carbocycles. The predicted octanol–water partition coefficient (Wildman–Crippen LogP) is 3.65. The molecule has 0 heterocycles. The maximum Gasteiger partial charge on any atom is 0.326 e. The fourth-order valence-corrected chi connectivity index (χ4v) is 5.82. The van der Waals surface area contributed by atoms with Gasteiger partial charge in [0, 0.05) is 12.8 Å². The Morgan fingerprint density at radius 2 is 1.15 bits per heavy atom. The van der Waals surface area contributed by atoms with Crippen LogP contribution in [0.25, 0.3) is 0 Å². The zero-order valence-corrected chi connectivity index (χ0v) is 37.4. The third-order valence-electron chi connectivity index (χ3n) is 8.72. The van der Waals surface area contributed by atoms with Crippen LogP contribution < -0.4 is 26.6 Å². The van der Waals surface area contributed by atoms with Crippen molar-refractivity contribution in [1.82, 2.24) is 26.6 Å². The van der Waals surface area contributed by atoms with E-state index in [0.29, 0.717) is 5.56 Å². The van der Waals surface area contributed by atoms with E-state index < -0.39 is 107 Å². The molecule has 1 aromatic carbocycles. The number of benzene rings is 1. The summed E-state index contributed by atoms with van der Waals surface area (Å²) in [6.07, 6.45) is -1.08. The van der Waals surface area contributed by atoms with Crippen LogP contribution in [-0.2, 0) is 54.3 Å². The van der Waals surface area contributed by atoms with Gasteiger partial charge in [-0.15, -0.1) is 0 Å². The molecule has 0 aliphatic rings. The van der Waals surface area contributed by atoms with E-state index in [-0.39, 0.29) is 31.6 Å². The number of hydrogen-bond donors (Lipinski definition) is 6. The summed E-state index contributed by atoms with van der Waals surface area (Å²) in [7, 11) is 0. The number of hydrogen-bond acceptors (Lipinski definition) is 10. The van der Waals surface area contributed by atoms with Crippen LogP contribution >= 0.6 is 0 Å². The Morgan fingerprint density at radius 1 is 0.627 bits per heavy atom. The molecule has 16 heteroatoms. The number of aryl methyl sites for hydroxylation is 1. The van der Waals surface area contributed by atoms with Crippen LogP contribution in [0.15, 0.2) is 24.3 Å². The molecule has 0 aliphatic heterocycles. The van der Waals surface area contributed by atoms with Crippen molar-refractivity contribution in [3.63, 3.8) is 0 Å². The van der Waals surface area contributed by atoms with Crippen molar-refractivity contribution >= 4 is 47.4 Å². The number of carboxylic acids is 1. The Balaban J connectivity index is 3.47. The Labute approximate surface area is 349 Å². The molecule has 16 nitrogen and oxygen atoms in total. The van der Waals surface area contributed by atoms with Gasteiger partial charge in [-0.25, -0.2) is 4.79 Å². The molecule has 1 aromatic rings. The number of carbonyl (C=O) groups is 8. The summed E-state index contributed by atoms with van der Waals surface area (Å²) >= 11 is 0. The highest BCUT2D eigenvalue weighted by atomic mass is 16.6. The third kappa shape index (κ3) is 20.0. The second-order valence-corrected chi connectivity index (χ2v) is 18.8. The zero-order valence-electron chi connectivity index (χ0n) is 37.4. The highest BCUT2D eigenvalue weighted by Gasteiger charge is 2.38. The van der Waals surface area contributed by atoms with Crippen LogP contribution in [-0.4, -0.2) is 94.0 Å². The molecule has 0 aliphatic carbocycles. The highest BCUT2D eigenvalue weighted by molar-refractivity contribution is 5.97. The van der Waals surface area contributed by atoms with E-state index in [1.54, 1.807) is 88.3 Å². The van der Waals surface area contributed by atoms with Crippen molar-refractivity contribution < 1.29 is 52.9 Å². The lowest BCUT2D eigenvalue weighted by molar-refractivity contribution is -0.158. The molecule has 0 aromatic heterocycles. The third-order valence-corrected chi connectivity index (χ3v) is 8.72. The van der Waals surface area contributed by atoms with Gasteiger partial charge in [-0.3, -0.25) is 33.6 Å². The smallest absolute Gasteiger partial charge is 0.326 e. The molecule has 0 saturated heterocycles. The molecule has 0 radical (unpaired) electrons. The minimum atomic E-state index is -1.51. The lowest BCUT2D eigenvalue weighted by Crippen LogP contribution is -2.62. The largest absolute Gasteiger partial charge is 0.480 e. The number of amides is 5. The van der Waals surface area contributed by atoms with Gasteiger partial charge in [0.2, 0.25) is 29.5 Å². The van der Waals surface area contributed by atoms with Crippen molar-refractivity contribution in [2.75, 3.05) is 0 Å². The first kappa shape index (κ1) is 52.0. The van der Waals surface area contributed by atoms with Crippen molar-refractivity contribution in [2.24, 2.45) is 17.3 Å². The second-order valence-electron chi connectivity index (χ2n) is 18.8. The van der Waals surface area contributed by atoms with Gasteiger partial charge in [0.05, 0.1) is 12.8 Å². The quantitative estimate of drug-likeness (QED) is 0.104. The first-order chi connectivity index (χ1) is 26.9. The normalized spacial score (nSPS) is 14.5. The fraction of sp³-hybridized carbons (Fsp3) is 0.674. The Kier molecular flexibility index (Phi) is 19.7. The summed E-state index contributed by atoms with van der Waals surface area (Å²) < 4.78 is 10.7. The maximum atomic E-state index is 14.2. The second kappa shape index (κ2) is 22.4.